The summed E-state index contributed by atoms with van der Waals surface area (Å²) in [5.41, 5.74) is 14.6. The van der Waals surface area contributed by atoms with Gasteiger partial charge in [0.15, 0.2) is 0 Å². The molecule has 0 aliphatic carbocycles. The lowest BCUT2D eigenvalue weighted by Gasteiger charge is -2.17. The number of hydrogen-bond acceptors (Lipinski definition) is 6. The van der Waals surface area contributed by atoms with Gasteiger partial charge in [0.25, 0.3) is 0 Å². The zero-order valence-corrected chi connectivity index (χ0v) is 27.4. The van der Waals surface area contributed by atoms with Crippen molar-refractivity contribution in [2.24, 2.45) is 11.5 Å². The molecule has 1 unspecified atom stereocenters. The molecule has 0 aliphatic heterocycles. The van der Waals surface area contributed by atoms with Crippen LogP contribution in [0.5, 0.6) is 0 Å². The van der Waals surface area contributed by atoms with Crippen molar-refractivity contribution in [2.75, 3.05) is 0 Å². The van der Waals surface area contributed by atoms with Gasteiger partial charge in [-0.3, -0.25) is 10.1 Å². The number of carbonyl (C=O) groups is 3. The van der Waals surface area contributed by atoms with Crippen LogP contribution in [0.3, 0.4) is 0 Å². The fourth-order valence-electron chi connectivity index (χ4n) is 2.54. The minimum atomic E-state index is -0.748. The maximum atomic E-state index is 12.7. The third-order valence-corrected chi connectivity index (χ3v) is 4.69. The van der Waals surface area contributed by atoms with Crippen LogP contribution in [-0.2, 0) is 14.3 Å². The van der Waals surface area contributed by atoms with Gasteiger partial charge >= 0.3 is 6.09 Å². The summed E-state index contributed by atoms with van der Waals surface area (Å²) in [6.45, 7) is 24.3. The molecule has 7 nitrogen and oxygen atoms in total. The van der Waals surface area contributed by atoms with Gasteiger partial charge < -0.3 is 21.0 Å². The number of nitrogens with two attached hydrogens (primary N) is 2. The van der Waals surface area contributed by atoms with E-state index in [-0.39, 0.29) is 17.2 Å². The molecule has 0 aliphatic rings. The number of benzene rings is 1. The first-order valence-corrected chi connectivity index (χ1v) is 14.3. The molecule has 228 valence electrons. The number of carbonyl (C=O) groups excluding carboxylic acids is 3. The summed E-state index contributed by atoms with van der Waals surface area (Å²) in [7, 11) is 0. The maximum Gasteiger partial charge on any atom is 0.412 e. The zero-order valence-electron chi connectivity index (χ0n) is 27.4. The van der Waals surface area contributed by atoms with Crippen molar-refractivity contribution in [1.29, 1.82) is 0 Å². The van der Waals surface area contributed by atoms with E-state index < -0.39 is 18.0 Å². The summed E-state index contributed by atoms with van der Waals surface area (Å²) in [5.74, 6) is -0.154. The lowest BCUT2D eigenvalue weighted by atomic mass is 10.0. The molecular formula is C33H57N3O4. The summed E-state index contributed by atoms with van der Waals surface area (Å²) < 4.78 is 5.42. The average Bonchev–Trinajstić information content (AvgIpc) is 2.96. The molecule has 7 heteroatoms. The Labute approximate surface area is 244 Å². The Balaban J connectivity index is -0.000000509. The predicted octanol–water partition coefficient (Wildman–Crippen LogP) is 8.36. The highest BCUT2D eigenvalue weighted by Gasteiger charge is 2.20. The lowest BCUT2D eigenvalue weighted by molar-refractivity contribution is -0.116. The van der Waals surface area contributed by atoms with Crippen LogP contribution in [0.25, 0.3) is 0 Å². The van der Waals surface area contributed by atoms with Crippen molar-refractivity contribution in [2.45, 2.75) is 109 Å². The van der Waals surface area contributed by atoms with E-state index in [2.05, 4.69) is 5.32 Å². The van der Waals surface area contributed by atoms with Crippen LogP contribution >= 0.6 is 0 Å². The Morgan fingerprint density at radius 2 is 1.43 bits per heavy atom. The first-order valence-electron chi connectivity index (χ1n) is 14.3. The first-order chi connectivity index (χ1) is 18.9. The van der Waals surface area contributed by atoms with Crippen molar-refractivity contribution in [3.05, 3.63) is 82.4 Å². The summed E-state index contributed by atoms with van der Waals surface area (Å²) in [5, 5.41) is 2.48. The number of rotatable bonds is 9. The van der Waals surface area contributed by atoms with Gasteiger partial charge in [-0.05, 0) is 69.9 Å². The molecule has 0 saturated heterocycles. The van der Waals surface area contributed by atoms with Gasteiger partial charge in [0.2, 0.25) is 5.78 Å². The summed E-state index contributed by atoms with van der Waals surface area (Å²) in [4.78, 5) is 34.8. The molecule has 40 heavy (non-hydrogen) atoms. The van der Waals surface area contributed by atoms with Gasteiger partial charge in [-0.1, -0.05) is 91.8 Å². The first kappa shape index (κ1) is 43.4. The number of hydrogen-bond donors (Lipinski definition) is 3. The molecule has 1 atom stereocenters. The molecule has 1 aromatic carbocycles. The zero-order chi connectivity index (χ0) is 32.3. The quantitative estimate of drug-likeness (QED) is 0.206. The van der Waals surface area contributed by atoms with E-state index in [1.807, 2.05) is 92.7 Å². The van der Waals surface area contributed by atoms with Gasteiger partial charge in [0, 0.05) is 17.8 Å². The van der Waals surface area contributed by atoms with Crippen LogP contribution in [0.1, 0.15) is 113 Å². The molecule has 1 amide bonds. The monoisotopic (exact) mass is 559 g/mol. The molecule has 0 bridgehead atoms. The highest BCUT2D eigenvalue weighted by molar-refractivity contribution is 6.09. The van der Waals surface area contributed by atoms with Crippen LogP contribution < -0.4 is 16.8 Å². The Bertz CT molecular complexity index is 970. The molecule has 0 fully saturated rings. The molecule has 0 heterocycles. The molecule has 0 radical (unpaired) electrons. The van der Waals surface area contributed by atoms with Gasteiger partial charge in [-0.15, -0.1) is 0 Å². The van der Waals surface area contributed by atoms with Crippen LogP contribution in [-0.4, -0.2) is 17.7 Å². The number of nitrogens with one attached hydrogen (secondary N) is 1. The van der Waals surface area contributed by atoms with Crippen LogP contribution in [0.4, 0.5) is 4.79 Å². The molecule has 5 N–H and O–H groups in total. The topological polar surface area (TPSA) is 125 Å². The standard InChI is InChI=1S/C23H31N3O3.C4H8O.3C2H6/c1-6-7-11-19(25)14-13-16(3)22(27)21(17(4)24)26-23(28)29-18(5)20-12-9-8-10-15(20)2;1-3-4(2)5;3*1-2/h7-14,18H,6,24-25H2,1-5H3,(H,26,28);3H2,1-2H3;3*1-2H3/b11-7+,16-13+,19-14+,21-17+;;;;. The normalized spacial score (nSPS) is 11.8. The minimum Gasteiger partial charge on any atom is -0.441 e. The van der Waals surface area contributed by atoms with Crippen LogP contribution in [0.2, 0.25) is 0 Å². The molecule has 0 saturated carbocycles. The smallest absolute Gasteiger partial charge is 0.412 e. The lowest BCUT2D eigenvalue weighted by Crippen LogP contribution is -2.31. The Hall–Kier alpha value is -3.61. The van der Waals surface area contributed by atoms with E-state index >= 15 is 0 Å². The number of aryl methyl sites for hydroxylation is 1. The van der Waals surface area contributed by atoms with E-state index in [1.54, 1.807) is 45.9 Å². The summed E-state index contributed by atoms with van der Waals surface area (Å²) in [6, 6.07) is 7.62. The second-order valence-electron chi connectivity index (χ2n) is 7.80. The van der Waals surface area contributed by atoms with Gasteiger partial charge in [-0.2, -0.15) is 0 Å². The number of allylic oxidation sites excluding steroid dienone is 6. The molecular weight excluding hydrogens is 502 g/mol. The van der Waals surface area contributed by atoms with Crippen molar-refractivity contribution in [3.63, 3.8) is 0 Å². The Morgan fingerprint density at radius 1 is 0.925 bits per heavy atom. The molecule has 0 aromatic heterocycles. The van der Waals surface area contributed by atoms with Crippen molar-refractivity contribution in [1.82, 2.24) is 5.32 Å². The second-order valence-corrected chi connectivity index (χ2v) is 7.80. The van der Waals surface area contributed by atoms with Gasteiger partial charge in [0.1, 0.15) is 17.6 Å². The number of Topliss-reactive ketones (excluding diaryl/α,β-unsaturated/α-hetero) is 2. The minimum absolute atomic E-state index is 0.0168. The second kappa shape index (κ2) is 28.4. The fraction of sp³-hybridized carbons (Fsp3) is 0.485. The van der Waals surface area contributed by atoms with Crippen LogP contribution in [0, 0.1) is 6.92 Å². The average molecular weight is 560 g/mol. The summed E-state index contributed by atoms with van der Waals surface area (Å²) in [6.07, 6.45) is 7.20. The van der Waals surface area contributed by atoms with Crippen LogP contribution in [0.15, 0.2) is 71.2 Å². The predicted molar refractivity (Wildman–Crippen MR) is 172 cm³/mol. The number of ketones is 2. The van der Waals surface area contributed by atoms with Crippen molar-refractivity contribution in [3.8, 4) is 0 Å². The molecule has 1 aromatic rings. The Kier molecular flexibility index (Phi) is 30.8. The van der Waals surface area contributed by atoms with E-state index in [0.29, 0.717) is 17.7 Å². The van der Waals surface area contributed by atoms with E-state index in [0.717, 1.165) is 17.5 Å². The third kappa shape index (κ3) is 21.3. The number of ether oxygens (including phenoxy) is 1. The molecule has 1 rings (SSSR count). The van der Waals surface area contributed by atoms with E-state index in [4.69, 9.17) is 16.2 Å². The van der Waals surface area contributed by atoms with Crippen molar-refractivity contribution < 1.29 is 19.1 Å². The fourth-order valence-corrected chi connectivity index (χ4v) is 2.54. The highest BCUT2D eigenvalue weighted by atomic mass is 16.6. The summed E-state index contributed by atoms with van der Waals surface area (Å²) >= 11 is 0. The Morgan fingerprint density at radius 3 is 1.85 bits per heavy atom. The van der Waals surface area contributed by atoms with E-state index in [9.17, 15) is 14.4 Å². The van der Waals surface area contributed by atoms with Gasteiger partial charge in [-0.25, -0.2) is 4.79 Å². The largest absolute Gasteiger partial charge is 0.441 e. The SMILES string of the molecule is CC.CC.CC.CC/C=C/C(N)=C\C=C(/C)C(=O)/C(NC(=O)OC(C)c1ccccc1C)=C(/C)N.CCC(C)=O. The van der Waals surface area contributed by atoms with Gasteiger partial charge in [0.05, 0.1) is 0 Å². The number of alkyl carbamates (subject to hydrolysis) is 1. The third-order valence-electron chi connectivity index (χ3n) is 4.69. The molecule has 0 spiro atoms. The number of amides is 1. The van der Waals surface area contributed by atoms with E-state index in [1.165, 1.54) is 0 Å². The maximum absolute atomic E-state index is 12.7. The highest BCUT2D eigenvalue weighted by Crippen LogP contribution is 2.20. The van der Waals surface area contributed by atoms with Crippen molar-refractivity contribution >= 4 is 17.7 Å².